The Morgan fingerprint density at radius 2 is 2.08 bits per heavy atom. The Labute approximate surface area is 71.4 Å². The van der Waals surface area contributed by atoms with E-state index in [1.54, 1.807) is 7.11 Å². The third-order valence-corrected chi connectivity index (χ3v) is 2.65. The summed E-state index contributed by atoms with van der Waals surface area (Å²) in [4.78, 5) is 0. The second-order valence-electron chi connectivity index (χ2n) is 3.31. The number of hydrogen-bond donors (Lipinski definition) is 1. The molecule has 4 nitrogen and oxygen atoms in total. The Balaban J connectivity index is 2.01. The molecule has 2 aliphatic heterocycles. The fourth-order valence-electron chi connectivity index (χ4n) is 1.90. The van der Waals surface area contributed by atoms with Crippen molar-refractivity contribution in [3.63, 3.8) is 0 Å². The first-order chi connectivity index (χ1) is 5.86. The zero-order valence-electron chi connectivity index (χ0n) is 7.10. The number of methoxy groups -OCH3 is 1. The van der Waals surface area contributed by atoms with Gasteiger partial charge in [0.1, 0.15) is 12.2 Å². The summed E-state index contributed by atoms with van der Waals surface area (Å²) in [5.41, 5.74) is 0. The first-order valence-electron chi connectivity index (χ1n) is 4.23. The molecule has 0 aliphatic carbocycles. The molecule has 12 heavy (non-hydrogen) atoms. The van der Waals surface area contributed by atoms with Crippen molar-refractivity contribution in [1.29, 1.82) is 0 Å². The van der Waals surface area contributed by atoms with Crippen molar-refractivity contribution in [2.45, 2.75) is 18.3 Å². The van der Waals surface area contributed by atoms with E-state index < -0.39 is 0 Å². The minimum absolute atomic E-state index is 0.0344. The lowest BCUT2D eigenvalue weighted by molar-refractivity contribution is -0.0107. The van der Waals surface area contributed by atoms with Crippen LogP contribution in [-0.2, 0) is 14.2 Å². The molecule has 4 heteroatoms. The largest absolute Gasteiger partial charge is 0.396 e. The van der Waals surface area contributed by atoms with E-state index in [9.17, 15) is 0 Å². The predicted molar refractivity (Wildman–Crippen MR) is 40.9 cm³/mol. The van der Waals surface area contributed by atoms with Crippen molar-refractivity contribution in [3.05, 3.63) is 0 Å². The van der Waals surface area contributed by atoms with Gasteiger partial charge in [-0.25, -0.2) is 0 Å². The van der Waals surface area contributed by atoms with E-state index in [0.717, 1.165) is 0 Å². The van der Waals surface area contributed by atoms with Gasteiger partial charge in [0, 0.05) is 13.0 Å². The van der Waals surface area contributed by atoms with Crippen LogP contribution in [0.2, 0.25) is 0 Å². The maximum absolute atomic E-state index is 8.97. The van der Waals surface area contributed by atoms with Crippen LogP contribution >= 0.6 is 0 Å². The zero-order chi connectivity index (χ0) is 8.55. The second-order valence-corrected chi connectivity index (χ2v) is 3.31. The Morgan fingerprint density at radius 3 is 2.75 bits per heavy atom. The van der Waals surface area contributed by atoms with Gasteiger partial charge in [0.25, 0.3) is 0 Å². The smallest absolute Gasteiger partial charge is 0.112 e. The van der Waals surface area contributed by atoms with Gasteiger partial charge >= 0.3 is 0 Å². The normalized spacial score (nSPS) is 46.5. The summed E-state index contributed by atoms with van der Waals surface area (Å²) in [5, 5.41) is 8.97. The predicted octanol–water partition coefficient (Wildman–Crippen LogP) is -0.593. The molecule has 0 saturated carbocycles. The second kappa shape index (κ2) is 3.30. The van der Waals surface area contributed by atoms with Crippen LogP contribution in [0.3, 0.4) is 0 Å². The highest BCUT2D eigenvalue weighted by Gasteiger charge is 2.47. The zero-order valence-corrected chi connectivity index (χ0v) is 7.10. The molecule has 0 unspecified atom stereocenters. The third kappa shape index (κ3) is 1.15. The summed E-state index contributed by atoms with van der Waals surface area (Å²) in [7, 11) is 1.66. The number of fused-ring (bicyclic) bond motifs is 1. The van der Waals surface area contributed by atoms with E-state index in [4.69, 9.17) is 19.3 Å². The lowest BCUT2D eigenvalue weighted by Gasteiger charge is -2.14. The van der Waals surface area contributed by atoms with Gasteiger partial charge in [0.05, 0.1) is 25.9 Å². The molecule has 70 valence electrons. The summed E-state index contributed by atoms with van der Waals surface area (Å²) in [6, 6.07) is 0. The Kier molecular flexibility index (Phi) is 2.32. The lowest BCUT2D eigenvalue weighted by Crippen LogP contribution is -2.31. The van der Waals surface area contributed by atoms with Gasteiger partial charge in [-0.3, -0.25) is 0 Å². The van der Waals surface area contributed by atoms with Gasteiger partial charge in [-0.05, 0) is 0 Å². The van der Waals surface area contributed by atoms with E-state index in [0.29, 0.717) is 13.2 Å². The Hall–Kier alpha value is -0.160. The van der Waals surface area contributed by atoms with Crippen molar-refractivity contribution in [1.82, 2.24) is 0 Å². The fourth-order valence-corrected chi connectivity index (χ4v) is 1.90. The Bertz CT molecular complexity index is 143. The van der Waals surface area contributed by atoms with Crippen molar-refractivity contribution in [2.75, 3.05) is 26.9 Å². The molecule has 0 aromatic rings. The summed E-state index contributed by atoms with van der Waals surface area (Å²) >= 11 is 0. The van der Waals surface area contributed by atoms with Gasteiger partial charge in [-0.2, -0.15) is 0 Å². The molecule has 0 bridgehead atoms. The van der Waals surface area contributed by atoms with Crippen LogP contribution in [0.25, 0.3) is 0 Å². The van der Waals surface area contributed by atoms with Gasteiger partial charge in [0.15, 0.2) is 0 Å². The molecule has 0 spiro atoms. The van der Waals surface area contributed by atoms with Crippen molar-refractivity contribution < 1.29 is 19.3 Å². The topological polar surface area (TPSA) is 47.9 Å². The minimum atomic E-state index is 0.0344. The molecule has 4 atom stereocenters. The van der Waals surface area contributed by atoms with E-state index in [-0.39, 0.29) is 30.8 Å². The fraction of sp³-hybridized carbons (Fsp3) is 1.00. The molecule has 0 aromatic heterocycles. The van der Waals surface area contributed by atoms with Crippen LogP contribution < -0.4 is 0 Å². The number of rotatable bonds is 2. The maximum atomic E-state index is 8.97. The average Bonchev–Trinajstić information content (AvgIpc) is 2.62. The van der Waals surface area contributed by atoms with Crippen LogP contribution in [0.5, 0.6) is 0 Å². The van der Waals surface area contributed by atoms with Crippen LogP contribution in [-0.4, -0.2) is 50.3 Å². The molecule has 0 amide bonds. The highest BCUT2D eigenvalue weighted by Crippen LogP contribution is 2.31. The average molecular weight is 174 g/mol. The van der Waals surface area contributed by atoms with Crippen LogP contribution in [0.1, 0.15) is 0 Å². The van der Waals surface area contributed by atoms with E-state index in [1.807, 2.05) is 0 Å². The molecule has 2 fully saturated rings. The number of hydrogen-bond acceptors (Lipinski definition) is 4. The Morgan fingerprint density at radius 1 is 1.33 bits per heavy atom. The molecule has 0 radical (unpaired) electrons. The molecule has 0 aromatic carbocycles. The first-order valence-corrected chi connectivity index (χ1v) is 4.23. The number of ether oxygens (including phenoxy) is 3. The van der Waals surface area contributed by atoms with Crippen molar-refractivity contribution in [3.8, 4) is 0 Å². The van der Waals surface area contributed by atoms with Crippen molar-refractivity contribution in [2.24, 2.45) is 5.92 Å². The van der Waals surface area contributed by atoms with E-state index in [2.05, 4.69) is 0 Å². The van der Waals surface area contributed by atoms with Crippen molar-refractivity contribution >= 4 is 0 Å². The quantitative estimate of drug-likeness (QED) is 0.607. The molecular weight excluding hydrogens is 160 g/mol. The van der Waals surface area contributed by atoms with Gasteiger partial charge in [-0.15, -0.1) is 0 Å². The summed E-state index contributed by atoms with van der Waals surface area (Å²) in [5.74, 6) is 0.134. The maximum Gasteiger partial charge on any atom is 0.112 e. The molecule has 2 aliphatic rings. The molecule has 2 saturated heterocycles. The molecule has 1 N–H and O–H groups in total. The molecular formula is C8H14O4. The third-order valence-electron chi connectivity index (χ3n) is 2.65. The van der Waals surface area contributed by atoms with E-state index >= 15 is 0 Å². The standard InChI is InChI=1S/C8H14O4/c1-10-6-4-12-7-5(2-9)3-11-8(6)7/h5-9H,2-4H2,1H3/t5-,6+,7+,8+/m0/s1. The van der Waals surface area contributed by atoms with Crippen LogP contribution in [0.15, 0.2) is 0 Å². The summed E-state index contributed by atoms with van der Waals surface area (Å²) < 4.78 is 16.1. The molecule has 2 heterocycles. The number of aliphatic hydroxyl groups excluding tert-OH is 1. The SMILES string of the molecule is CO[C@@H]1CO[C@@H]2[C@@H](CO)CO[C@@H]21. The van der Waals surface area contributed by atoms with Crippen LogP contribution in [0.4, 0.5) is 0 Å². The van der Waals surface area contributed by atoms with Gasteiger partial charge in [0.2, 0.25) is 0 Å². The van der Waals surface area contributed by atoms with Gasteiger partial charge < -0.3 is 19.3 Å². The van der Waals surface area contributed by atoms with Crippen LogP contribution in [0, 0.1) is 5.92 Å². The first kappa shape index (κ1) is 8.44. The number of aliphatic hydroxyl groups is 1. The van der Waals surface area contributed by atoms with Gasteiger partial charge in [-0.1, -0.05) is 0 Å². The lowest BCUT2D eigenvalue weighted by atomic mass is 10.0. The summed E-state index contributed by atoms with van der Waals surface area (Å²) in [6.07, 6.45) is 0.124. The highest BCUT2D eigenvalue weighted by molar-refractivity contribution is 4.94. The molecule has 2 rings (SSSR count). The van der Waals surface area contributed by atoms with E-state index in [1.165, 1.54) is 0 Å². The monoisotopic (exact) mass is 174 g/mol. The minimum Gasteiger partial charge on any atom is -0.396 e. The highest BCUT2D eigenvalue weighted by atomic mass is 16.6. The summed E-state index contributed by atoms with van der Waals surface area (Å²) in [6.45, 7) is 1.31.